The number of carboxylic acids is 1. The number of primary amides is 1. The van der Waals surface area contributed by atoms with Crippen LogP contribution in [0.25, 0.3) is 0 Å². The molecule has 1 aliphatic rings. The van der Waals surface area contributed by atoms with Crippen LogP contribution >= 0.6 is 0 Å². The van der Waals surface area contributed by atoms with E-state index in [-0.39, 0.29) is 24.9 Å². The third kappa shape index (κ3) is 5.46. The molecule has 7 nitrogen and oxygen atoms in total. The van der Waals surface area contributed by atoms with Crippen molar-refractivity contribution in [2.75, 3.05) is 6.54 Å². The monoisotopic (exact) mass is 285 g/mol. The van der Waals surface area contributed by atoms with Gasteiger partial charge in [0.2, 0.25) is 5.91 Å². The summed E-state index contributed by atoms with van der Waals surface area (Å²) >= 11 is 0. The van der Waals surface area contributed by atoms with Crippen LogP contribution in [0.4, 0.5) is 4.79 Å². The maximum atomic E-state index is 12.2. The van der Waals surface area contributed by atoms with E-state index in [0.717, 1.165) is 12.8 Å². The number of carboxylic acid groups (broad SMARTS) is 1. The highest BCUT2D eigenvalue weighted by Gasteiger charge is 2.34. The van der Waals surface area contributed by atoms with Crippen LogP contribution in [-0.4, -0.2) is 46.5 Å². The molecule has 0 radical (unpaired) electrons. The SMILES string of the molecule is CC(C)CN(C(=O)NC(CCC(N)=O)C(=O)O)C1CC1. The van der Waals surface area contributed by atoms with Gasteiger partial charge in [0.25, 0.3) is 0 Å². The molecule has 1 saturated carbocycles. The first-order chi connectivity index (χ1) is 9.31. The van der Waals surface area contributed by atoms with Gasteiger partial charge in [-0.05, 0) is 25.2 Å². The Morgan fingerprint density at radius 1 is 1.35 bits per heavy atom. The van der Waals surface area contributed by atoms with Gasteiger partial charge in [-0.15, -0.1) is 0 Å². The zero-order valence-electron chi connectivity index (χ0n) is 12.0. The fourth-order valence-corrected chi connectivity index (χ4v) is 1.95. The Kier molecular flexibility index (Phi) is 5.79. The molecule has 20 heavy (non-hydrogen) atoms. The smallest absolute Gasteiger partial charge is 0.326 e. The minimum atomic E-state index is -1.15. The molecule has 0 aromatic carbocycles. The standard InChI is InChI=1S/C13H23N3O4/c1-8(2)7-16(9-3-4-9)13(20)15-10(12(18)19)5-6-11(14)17/h8-10H,3-7H2,1-2H3,(H2,14,17)(H,15,20)(H,18,19). The Balaban J connectivity index is 2.58. The Morgan fingerprint density at radius 3 is 2.35 bits per heavy atom. The Bertz CT molecular complexity index is 380. The Labute approximate surface area is 118 Å². The lowest BCUT2D eigenvalue weighted by atomic mass is 10.1. The fourth-order valence-electron chi connectivity index (χ4n) is 1.95. The maximum absolute atomic E-state index is 12.2. The van der Waals surface area contributed by atoms with Crippen molar-refractivity contribution in [1.82, 2.24) is 10.2 Å². The van der Waals surface area contributed by atoms with Crippen LogP contribution in [0.15, 0.2) is 0 Å². The lowest BCUT2D eigenvalue weighted by Crippen LogP contribution is -2.49. The summed E-state index contributed by atoms with van der Waals surface area (Å²) in [5, 5.41) is 11.5. The molecule has 1 fully saturated rings. The van der Waals surface area contributed by atoms with Crippen LogP contribution in [0.2, 0.25) is 0 Å². The Morgan fingerprint density at radius 2 is 1.95 bits per heavy atom. The van der Waals surface area contributed by atoms with Crippen molar-refractivity contribution in [3.05, 3.63) is 0 Å². The number of aliphatic carboxylic acids is 1. The number of hydrogen-bond donors (Lipinski definition) is 3. The molecule has 1 unspecified atom stereocenters. The minimum Gasteiger partial charge on any atom is -0.480 e. The van der Waals surface area contributed by atoms with Crippen molar-refractivity contribution in [1.29, 1.82) is 0 Å². The minimum absolute atomic E-state index is 0.0105. The summed E-state index contributed by atoms with van der Waals surface area (Å²) < 4.78 is 0. The van der Waals surface area contributed by atoms with Gasteiger partial charge in [0, 0.05) is 19.0 Å². The third-order valence-electron chi connectivity index (χ3n) is 3.09. The topological polar surface area (TPSA) is 113 Å². The molecule has 0 heterocycles. The molecular weight excluding hydrogens is 262 g/mol. The first kappa shape index (κ1) is 16.3. The quantitative estimate of drug-likeness (QED) is 0.604. The molecule has 0 spiro atoms. The van der Waals surface area contributed by atoms with E-state index in [0.29, 0.717) is 12.5 Å². The highest BCUT2D eigenvalue weighted by atomic mass is 16.4. The number of hydrogen-bond acceptors (Lipinski definition) is 3. The van der Waals surface area contributed by atoms with Gasteiger partial charge >= 0.3 is 12.0 Å². The van der Waals surface area contributed by atoms with E-state index in [1.165, 1.54) is 0 Å². The van der Waals surface area contributed by atoms with Crippen LogP contribution in [0.5, 0.6) is 0 Å². The number of nitrogens with one attached hydrogen (secondary N) is 1. The molecule has 7 heteroatoms. The molecule has 3 amide bonds. The largest absolute Gasteiger partial charge is 0.480 e. The van der Waals surface area contributed by atoms with Crippen molar-refractivity contribution in [3.63, 3.8) is 0 Å². The molecule has 4 N–H and O–H groups in total. The van der Waals surface area contributed by atoms with Crippen LogP contribution < -0.4 is 11.1 Å². The van der Waals surface area contributed by atoms with Gasteiger partial charge in [-0.25, -0.2) is 9.59 Å². The molecule has 0 bridgehead atoms. The second-order valence-corrected chi connectivity index (χ2v) is 5.62. The number of carbonyl (C=O) groups excluding carboxylic acids is 2. The molecule has 1 aliphatic carbocycles. The van der Waals surface area contributed by atoms with Gasteiger partial charge in [0.05, 0.1) is 0 Å². The molecule has 0 aromatic heterocycles. The fraction of sp³-hybridized carbons (Fsp3) is 0.769. The van der Waals surface area contributed by atoms with Gasteiger partial charge in [-0.1, -0.05) is 13.8 Å². The summed E-state index contributed by atoms with van der Waals surface area (Å²) in [6.07, 6.45) is 1.86. The van der Waals surface area contributed by atoms with Gasteiger partial charge in [-0.2, -0.15) is 0 Å². The van der Waals surface area contributed by atoms with Crippen molar-refractivity contribution >= 4 is 17.9 Å². The van der Waals surface area contributed by atoms with E-state index >= 15 is 0 Å². The summed E-state index contributed by atoms with van der Waals surface area (Å²) in [6.45, 7) is 4.60. The average molecular weight is 285 g/mol. The summed E-state index contributed by atoms with van der Waals surface area (Å²) in [5.41, 5.74) is 5.00. The van der Waals surface area contributed by atoms with E-state index in [1.807, 2.05) is 13.8 Å². The first-order valence-corrected chi connectivity index (χ1v) is 6.89. The van der Waals surface area contributed by atoms with E-state index in [4.69, 9.17) is 10.8 Å². The van der Waals surface area contributed by atoms with E-state index in [1.54, 1.807) is 4.90 Å². The molecule has 0 aromatic rings. The number of urea groups is 1. The molecule has 114 valence electrons. The lowest BCUT2D eigenvalue weighted by Gasteiger charge is -2.26. The summed E-state index contributed by atoms with van der Waals surface area (Å²) in [7, 11) is 0. The van der Waals surface area contributed by atoms with E-state index in [2.05, 4.69) is 5.32 Å². The second-order valence-electron chi connectivity index (χ2n) is 5.62. The maximum Gasteiger partial charge on any atom is 0.326 e. The van der Waals surface area contributed by atoms with Gasteiger partial charge in [0.1, 0.15) is 6.04 Å². The summed E-state index contributed by atoms with van der Waals surface area (Å²) in [5.74, 6) is -1.41. The van der Waals surface area contributed by atoms with Crippen molar-refractivity contribution in [2.45, 2.75) is 51.6 Å². The molecular formula is C13H23N3O4. The predicted molar refractivity (Wildman–Crippen MR) is 72.9 cm³/mol. The van der Waals surface area contributed by atoms with E-state index < -0.39 is 17.9 Å². The molecule has 1 atom stereocenters. The van der Waals surface area contributed by atoms with Crippen molar-refractivity contribution in [2.24, 2.45) is 11.7 Å². The average Bonchev–Trinajstić information content (AvgIpc) is 3.14. The second kappa shape index (κ2) is 7.12. The molecule has 0 saturated heterocycles. The third-order valence-corrected chi connectivity index (χ3v) is 3.09. The van der Waals surface area contributed by atoms with Crippen LogP contribution in [0, 0.1) is 5.92 Å². The van der Waals surface area contributed by atoms with Crippen LogP contribution in [0.1, 0.15) is 39.5 Å². The van der Waals surface area contributed by atoms with E-state index in [9.17, 15) is 14.4 Å². The normalized spacial score (nSPS) is 15.8. The van der Waals surface area contributed by atoms with Crippen molar-refractivity contribution < 1.29 is 19.5 Å². The highest BCUT2D eigenvalue weighted by molar-refractivity contribution is 5.83. The number of nitrogens with zero attached hydrogens (tertiary/aromatic N) is 1. The molecule has 1 rings (SSSR count). The Hall–Kier alpha value is -1.79. The van der Waals surface area contributed by atoms with Crippen LogP contribution in [-0.2, 0) is 9.59 Å². The lowest BCUT2D eigenvalue weighted by molar-refractivity contribution is -0.139. The van der Waals surface area contributed by atoms with Gasteiger partial charge in [-0.3, -0.25) is 4.79 Å². The first-order valence-electron chi connectivity index (χ1n) is 6.89. The van der Waals surface area contributed by atoms with Gasteiger partial charge < -0.3 is 21.1 Å². The summed E-state index contributed by atoms with van der Waals surface area (Å²) in [6, 6.07) is -1.25. The zero-order chi connectivity index (χ0) is 15.3. The summed E-state index contributed by atoms with van der Waals surface area (Å²) in [4.78, 5) is 35.6. The highest BCUT2D eigenvalue weighted by Crippen LogP contribution is 2.27. The molecule has 0 aliphatic heterocycles. The zero-order valence-corrected chi connectivity index (χ0v) is 12.0. The number of rotatable bonds is 8. The number of amides is 3. The predicted octanol–water partition coefficient (Wildman–Crippen LogP) is 0.535. The number of carbonyl (C=O) groups is 3. The number of nitrogens with two attached hydrogens (primary N) is 1. The van der Waals surface area contributed by atoms with Crippen molar-refractivity contribution in [3.8, 4) is 0 Å². The van der Waals surface area contributed by atoms with Crippen LogP contribution in [0.3, 0.4) is 0 Å². The van der Waals surface area contributed by atoms with Gasteiger partial charge in [0.15, 0.2) is 0 Å².